The smallest absolute Gasteiger partial charge is 0.255 e. The van der Waals surface area contributed by atoms with Gasteiger partial charge in [0.1, 0.15) is 5.82 Å². The van der Waals surface area contributed by atoms with Gasteiger partial charge in [0.15, 0.2) is 11.5 Å². The van der Waals surface area contributed by atoms with E-state index in [1.54, 1.807) is 19.1 Å². The van der Waals surface area contributed by atoms with Crippen molar-refractivity contribution in [1.29, 1.82) is 0 Å². The van der Waals surface area contributed by atoms with E-state index in [1.807, 2.05) is 12.1 Å². The minimum atomic E-state index is -0.509. The van der Waals surface area contributed by atoms with Crippen LogP contribution in [0.4, 0.5) is 4.39 Å². The molecule has 0 atom stereocenters. The Morgan fingerprint density at radius 2 is 1.86 bits per heavy atom. The summed E-state index contributed by atoms with van der Waals surface area (Å²) in [4.78, 5) is 18.2. The minimum Gasteiger partial charge on any atom is -0.493 e. The Labute approximate surface area is 163 Å². The Balaban J connectivity index is 1.57. The zero-order valence-corrected chi connectivity index (χ0v) is 16.0. The van der Waals surface area contributed by atoms with Crippen molar-refractivity contribution in [1.82, 2.24) is 9.88 Å². The molecule has 2 aliphatic heterocycles. The first-order valence-corrected chi connectivity index (χ1v) is 9.35. The molecule has 1 fully saturated rings. The van der Waals surface area contributed by atoms with Crippen LogP contribution in [0.3, 0.4) is 0 Å². The van der Waals surface area contributed by atoms with Crippen LogP contribution in [-0.2, 0) is 16.8 Å². The lowest BCUT2D eigenvalue weighted by Crippen LogP contribution is -2.48. The number of fused-ring (bicyclic) bond motifs is 2. The van der Waals surface area contributed by atoms with Crippen molar-refractivity contribution in [3.05, 3.63) is 53.1 Å². The van der Waals surface area contributed by atoms with Crippen LogP contribution in [0.15, 0.2) is 30.6 Å². The second-order valence-corrected chi connectivity index (χ2v) is 7.14. The number of nitrogens with zero attached hydrogens (tertiary/aromatic N) is 2. The number of likely N-dealkylation sites (tertiary alicyclic amines) is 1. The van der Waals surface area contributed by atoms with Crippen molar-refractivity contribution < 1.29 is 23.4 Å². The second kappa shape index (κ2) is 7.39. The van der Waals surface area contributed by atoms with E-state index < -0.39 is 11.4 Å². The maximum atomic E-state index is 13.4. The maximum absolute atomic E-state index is 13.4. The van der Waals surface area contributed by atoms with Crippen LogP contribution in [0.5, 0.6) is 11.5 Å². The molecular formula is C21H23FN2O4. The Morgan fingerprint density at radius 3 is 2.54 bits per heavy atom. The van der Waals surface area contributed by atoms with E-state index >= 15 is 0 Å². The zero-order valence-electron chi connectivity index (χ0n) is 16.0. The topological polar surface area (TPSA) is 60.9 Å². The predicted octanol–water partition coefficient (Wildman–Crippen LogP) is 2.94. The summed E-state index contributed by atoms with van der Waals surface area (Å²) in [6, 6.07) is 5.25. The number of hydrogen-bond acceptors (Lipinski definition) is 5. The van der Waals surface area contributed by atoms with Crippen LogP contribution >= 0.6 is 0 Å². The number of hydrogen-bond donors (Lipinski definition) is 0. The third kappa shape index (κ3) is 3.20. The number of piperidine rings is 1. The number of aromatic nitrogens is 1. The highest BCUT2D eigenvalue weighted by Crippen LogP contribution is 2.45. The van der Waals surface area contributed by atoms with E-state index in [-0.39, 0.29) is 11.5 Å². The molecule has 0 saturated carbocycles. The highest BCUT2D eigenvalue weighted by Gasteiger charge is 2.42. The van der Waals surface area contributed by atoms with E-state index in [2.05, 4.69) is 4.98 Å². The van der Waals surface area contributed by atoms with Crippen LogP contribution in [0.1, 0.15) is 34.3 Å². The molecule has 0 bridgehead atoms. The molecule has 7 heteroatoms. The van der Waals surface area contributed by atoms with E-state index in [1.165, 1.54) is 17.8 Å². The lowest BCUT2D eigenvalue weighted by Gasteiger charge is -2.45. The van der Waals surface area contributed by atoms with E-state index in [0.717, 1.165) is 18.2 Å². The van der Waals surface area contributed by atoms with E-state index in [0.29, 0.717) is 44.0 Å². The number of benzene rings is 1. The van der Waals surface area contributed by atoms with Gasteiger partial charge in [0.05, 0.1) is 38.2 Å². The number of carbonyl (C=O) groups is 1. The molecule has 1 amide bonds. The first kappa shape index (κ1) is 18.7. The molecule has 0 aliphatic carbocycles. The summed E-state index contributed by atoms with van der Waals surface area (Å²) in [6.45, 7) is 1.69. The predicted molar refractivity (Wildman–Crippen MR) is 100 cm³/mol. The van der Waals surface area contributed by atoms with Gasteiger partial charge in [-0.05, 0) is 48.6 Å². The number of rotatable bonds is 3. The normalized spacial score (nSPS) is 17.9. The molecule has 0 N–H and O–H groups in total. The second-order valence-electron chi connectivity index (χ2n) is 7.14. The van der Waals surface area contributed by atoms with Crippen molar-refractivity contribution in [2.45, 2.75) is 24.9 Å². The first-order valence-electron chi connectivity index (χ1n) is 9.35. The van der Waals surface area contributed by atoms with Crippen molar-refractivity contribution in [2.75, 3.05) is 33.9 Å². The molecule has 1 aromatic carbocycles. The van der Waals surface area contributed by atoms with Crippen LogP contribution < -0.4 is 9.47 Å². The Hall–Kier alpha value is -2.67. The number of halogens is 1. The molecule has 1 aromatic heterocycles. The van der Waals surface area contributed by atoms with Crippen LogP contribution in [0, 0.1) is 5.82 Å². The minimum absolute atomic E-state index is 0.204. The first-order chi connectivity index (χ1) is 13.6. The molecule has 6 nitrogen and oxygen atoms in total. The van der Waals surface area contributed by atoms with Gasteiger partial charge in [-0.1, -0.05) is 0 Å². The zero-order chi connectivity index (χ0) is 19.7. The van der Waals surface area contributed by atoms with Crippen molar-refractivity contribution in [2.24, 2.45) is 0 Å². The maximum Gasteiger partial charge on any atom is 0.255 e. The van der Waals surface area contributed by atoms with Gasteiger partial charge in [-0.25, -0.2) is 4.39 Å². The van der Waals surface area contributed by atoms with Crippen LogP contribution in [0.25, 0.3) is 0 Å². The monoisotopic (exact) mass is 386 g/mol. The Morgan fingerprint density at radius 1 is 1.14 bits per heavy atom. The van der Waals surface area contributed by atoms with Gasteiger partial charge in [0, 0.05) is 19.3 Å². The van der Waals surface area contributed by atoms with Gasteiger partial charge in [-0.3, -0.25) is 9.78 Å². The Bertz CT molecular complexity index is 894. The fourth-order valence-corrected chi connectivity index (χ4v) is 4.18. The molecule has 3 heterocycles. The molecule has 0 unspecified atom stereocenters. The van der Waals surface area contributed by atoms with Crippen LogP contribution in [0.2, 0.25) is 0 Å². The molecule has 1 saturated heterocycles. The summed E-state index contributed by atoms with van der Waals surface area (Å²) in [5.74, 6) is 0.676. The third-order valence-electron chi connectivity index (χ3n) is 5.66. The summed E-state index contributed by atoms with van der Waals surface area (Å²) in [5.41, 5.74) is 2.13. The van der Waals surface area contributed by atoms with Gasteiger partial charge in [0.25, 0.3) is 5.91 Å². The average Bonchev–Trinajstić information content (AvgIpc) is 2.73. The lowest BCUT2D eigenvalue weighted by molar-refractivity contribution is -0.0936. The largest absolute Gasteiger partial charge is 0.493 e. The third-order valence-corrected chi connectivity index (χ3v) is 5.66. The highest BCUT2D eigenvalue weighted by molar-refractivity contribution is 5.94. The molecule has 2 aromatic rings. The number of pyridine rings is 1. The number of ether oxygens (including phenoxy) is 3. The van der Waals surface area contributed by atoms with E-state index in [9.17, 15) is 9.18 Å². The van der Waals surface area contributed by atoms with Crippen molar-refractivity contribution in [3.8, 4) is 11.5 Å². The standard InChI is InChI=1S/C21H23FN2O4/c1-26-18-10-14-3-8-28-21(17(14)11-19(18)27-2)4-6-24(7-5-21)20(25)15-9-16(22)13-23-12-15/h9-13H,3-8H2,1-2H3. The lowest BCUT2D eigenvalue weighted by atomic mass is 9.79. The average molecular weight is 386 g/mol. The van der Waals surface area contributed by atoms with E-state index in [4.69, 9.17) is 14.2 Å². The van der Waals surface area contributed by atoms with Crippen LogP contribution in [-0.4, -0.2) is 49.7 Å². The summed E-state index contributed by atoms with van der Waals surface area (Å²) in [5, 5.41) is 0. The van der Waals surface area contributed by atoms with Gasteiger partial charge < -0.3 is 19.1 Å². The van der Waals surface area contributed by atoms with Gasteiger partial charge in [-0.2, -0.15) is 0 Å². The quantitative estimate of drug-likeness (QED) is 0.812. The number of methoxy groups -OCH3 is 2. The molecule has 2 aliphatic rings. The van der Waals surface area contributed by atoms with Crippen molar-refractivity contribution >= 4 is 5.91 Å². The fourth-order valence-electron chi connectivity index (χ4n) is 4.18. The van der Waals surface area contributed by atoms with Gasteiger partial charge in [0.2, 0.25) is 0 Å². The summed E-state index contributed by atoms with van der Waals surface area (Å²) < 4.78 is 30.6. The SMILES string of the molecule is COc1cc2c(cc1OC)C1(CCN(C(=O)c3cncc(F)c3)CC1)OCC2. The van der Waals surface area contributed by atoms with Gasteiger partial charge >= 0.3 is 0 Å². The molecule has 0 radical (unpaired) electrons. The summed E-state index contributed by atoms with van der Waals surface area (Å²) in [7, 11) is 3.25. The van der Waals surface area contributed by atoms with Gasteiger partial charge in [-0.15, -0.1) is 0 Å². The highest BCUT2D eigenvalue weighted by atomic mass is 19.1. The Kier molecular flexibility index (Phi) is 4.93. The molecule has 148 valence electrons. The molecule has 4 rings (SSSR count). The summed E-state index contributed by atoms with van der Waals surface area (Å²) >= 11 is 0. The number of carbonyl (C=O) groups excluding carboxylic acids is 1. The molecule has 1 spiro atoms. The molecule has 28 heavy (non-hydrogen) atoms. The van der Waals surface area contributed by atoms with Crippen molar-refractivity contribution in [3.63, 3.8) is 0 Å². The molecular weight excluding hydrogens is 363 g/mol. The number of amides is 1. The summed E-state index contributed by atoms with van der Waals surface area (Å²) in [6.07, 6.45) is 4.65. The fraction of sp³-hybridized carbons (Fsp3) is 0.429.